The van der Waals surface area contributed by atoms with Crippen LogP contribution in [0.15, 0.2) is 28.7 Å². The topological polar surface area (TPSA) is 77.2 Å². The summed E-state index contributed by atoms with van der Waals surface area (Å²) in [5.41, 5.74) is 2.26. The molecule has 0 saturated heterocycles. The average Bonchev–Trinajstić information content (AvgIpc) is 2.97. The van der Waals surface area contributed by atoms with E-state index in [-0.39, 0.29) is 17.9 Å². The van der Waals surface area contributed by atoms with Gasteiger partial charge in [0.1, 0.15) is 0 Å². The van der Waals surface area contributed by atoms with Crippen LogP contribution in [-0.2, 0) is 11.2 Å². The van der Waals surface area contributed by atoms with Crippen LogP contribution in [0.25, 0.3) is 0 Å². The van der Waals surface area contributed by atoms with E-state index in [1.165, 1.54) is 5.56 Å². The lowest BCUT2D eigenvalue weighted by Gasteiger charge is -2.07. The van der Waals surface area contributed by atoms with Crippen LogP contribution in [0.1, 0.15) is 48.0 Å². The van der Waals surface area contributed by atoms with Gasteiger partial charge in [0, 0.05) is 13.2 Å². The Hall–Kier alpha value is -2.21. The van der Waals surface area contributed by atoms with Crippen molar-refractivity contribution in [3.05, 3.63) is 47.2 Å². The molecule has 1 amide bonds. The monoisotopic (exact) mass is 317 g/mol. The molecule has 0 aliphatic heterocycles. The Balaban J connectivity index is 1.79. The molecule has 6 heteroatoms. The van der Waals surface area contributed by atoms with Gasteiger partial charge in [-0.25, -0.2) is 0 Å². The molecule has 1 aromatic carbocycles. The van der Waals surface area contributed by atoms with Gasteiger partial charge in [-0.1, -0.05) is 29.8 Å². The summed E-state index contributed by atoms with van der Waals surface area (Å²) < 4.78 is 10.8. The summed E-state index contributed by atoms with van der Waals surface area (Å²) in [6.45, 7) is 7.12. The van der Waals surface area contributed by atoms with E-state index in [4.69, 9.17) is 9.15 Å². The maximum Gasteiger partial charge on any atom is 0.308 e. The Morgan fingerprint density at radius 2 is 2.00 bits per heavy atom. The zero-order valence-electron chi connectivity index (χ0n) is 13.8. The number of amides is 1. The van der Waals surface area contributed by atoms with Crippen molar-refractivity contribution in [2.45, 2.75) is 39.7 Å². The average molecular weight is 317 g/mol. The number of carbonyl (C=O) groups excluding carboxylic acids is 1. The van der Waals surface area contributed by atoms with Crippen LogP contribution in [0.2, 0.25) is 0 Å². The summed E-state index contributed by atoms with van der Waals surface area (Å²) in [5, 5.41) is 10.5. The maximum atomic E-state index is 11.9. The zero-order chi connectivity index (χ0) is 16.7. The first kappa shape index (κ1) is 17.1. The van der Waals surface area contributed by atoms with Gasteiger partial charge in [-0.2, -0.15) is 0 Å². The maximum absolute atomic E-state index is 11.9. The lowest BCUT2D eigenvalue weighted by Crippen LogP contribution is -2.25. The van der Waals surface area contributed by atoms with Gasteiger partial charge in [0.25, 0.3) is 0 Å². The number of hydrogen-bond donors (Lipinski definition) is 1. The summed E-state index contributed by atoms with van der Waals surface area (Å²) in [6, 6.07) is 8.07. The second-order valence-electron chi connectivity index (χ2n) is 5.69. The fourth-order valence-electron chi connectivity index (χ4n) is 1.97. The third-order valence-corrected chi connectivity index (χ3v) is 3.19. The highest BCUT2D eigenvalue weighted by Crippen LogP contribution is 2.10. The van der Waals surface area contributed by atoms with E-state index < -0.39 is 0 Å². The van der Waals surface area contributed by atoms with Crippen LogP contribution in [0, 0.1) is 6.92 Å². The molecule has 6 nitrogen and oxygen atoms in total. The van der Waals surface area contributed by atoms with Crippen molar-refractivity contribution < 1.29 is 13.9 Å². The van der Waals surface area contributed by atoms with E-state index in [0.717, 1.165) is 12.0 Å². The fourth-order valence-corrected chi connectivity index (χ4v) is 1.97. The number of ether oxygens (including phenoxy) is 1. The van der Waals surface area contributed by atoms with E-state index in [1.807, 2.05) is 45.0 Å². The summed E-state index contributed by atoms with van der Waals surface area (Å²) in [5.74, 6) is 0.0798. The minimum atomic E-state index is -0.350. The summed E-state index contributed by atoms with van der Waals surface area (Å²) in [7, 11) is 0. The van der Waals surface area contributed by atoms with Crippen LogP contribution in [0.5, 0.6) is 0 Å². The molecule has 2 aromatic rings. The van der Waals surface area contributed by atoms with Crippen molar-refractivity contribution in [1.29, 1.82) is 0 Å². The number of nitrogens with zero attached hydrogens (tertiary/aromatic N) is 2. The first-order valence-corrected chi connectivity index (χ1v) is 7.82. The number of nitrogens with one attached hydrogen (secondary N) is 1. The Labute approximate surface area is 136 Å². The number of aromatic nitrogens is 2. The lowest BCUT2D eigenvalue weighted by atomic mass is 10.1. The van der Waals surface area contributed by atoms with E-state index >= 15 is 0 Å². The Bertz CT molecular complexity index is 620. The molecule has 1 heterocycles. The summed E-state index contributed by atoms with van der Waals surface area (Å²) >= 11 is 0. The second-order valence-corrected chi connectivity index (χ2v) is 5.69. The third-order valence-electron chi connectivity index (χ3n) is 3.19. The molecule has 2 rings (SSSR count). The van der Waals surface area contributed by atoms with E-state index in [0.29, 0.717) is 25.5 Å². The molecule has 0 aliphatic rings. The van der Waals surface area contributed by atoms with Crippen molar-refractivity contribution >= 4 is 5.91 Å². The molecule has 0 saturated carbocycles. The second kappa shape index (κ2) is 8.43. The molecule has 0 spiro atoms. The van der Waals surface area contributed by atoms with Gasteiger partial charge in [0.05, 0.1) is 12.5 Å². The third kappa shape index (κ3) is 5.83. The standard InChI is InChI=1S/C17H23N3O3/c1-12(2)22-10-4-9-18-16(21)17-20-19-15(23-17)11-14-7-5-13(3)6-8-14/h5-8,12H,4,9-11H2,1-3H3,(H,18,21). The van der Waals surface area contributed by atoms with Crippen LogP contribution in [0.4, 0.5) is 0 Å². The van der Waals surface area contributed by atoms with Crippen molar-refractivity contribution in [3.8, 4) is 0 Å². The number of rotatable bonds is 8. The molecule has 0 atom stereocenters. The molecule has 1 aromatic heterocycles. The first-order valence-electron chi connectivity index (χ1n) is 7.82. The quantitative estimate of drug-likeness (QED) is 0.757. The molecule has 23 heavy (non-hydrogen) atoms. The first-order chi connectivity index (χ1) is 11.0. The minimum absolute atomic E-state index is 0.00288. The molecule has 0 aliphatic carbocycles. The smallest absolute Gasteiger partial charge is 0.308 e. The van der Waals surface area contributed by atoms with Gasteiger partial charge in [0.15, 0.2) is 0 Å². The van der Waals surface area contributed by atoms with Gasteiger partial charge in [-0.15, -0.1) is 10.2 Å². The van der Waals surface area contributed by atoms with Gasteiger partial charge in [0.2, 0.25) is 5.89 Å². The Morgan fingerprint density at radius 3 is 2.70 bits per heavy atom. The molecule has 0 fully saturated rings. The fraction of sp³-hybridized carbons (Fsp3) is 0.471. The molecular weight excluding hydrogens is 294 g/mol. The normalized spacial score (nSPS) is 11.0. The molecule has 124 valence electrons. The van der Waals surface area contributed by atoms with Gasteiger partial charge in [-0.3, -0.25) is 4.79 Å². The molecule has 0 unspecified atom stereocenters. The van der Waals surface area contributed by atoms with E-state index in [1.54, 1.807) is 0 Å². The number of carbonyl (C=O) groups is 1. The number of aryl methyl sites for hydroxylation is 1. The van der Waals surface area contributed by atoms with Crippen LogP contribution < -0.4 is 5.32 Å². The van der Waals surface area contributed by atoms with Gasteiger partial charge < -0.3 is 14.5 Å². The number of benzene rings is 1. The SMILES string of the molecule is Cc1ccc(Cc2nnc(C(=O)NCCCOC(C)C)o2)cc1. The van der Waals surface area contributed by atoms with Crippen molar-refractivity contribution in [2.24, 2.45) is 0 Å². The summed E-state index contributed by atoms with van der Waals surface area (Å²) in [4.78, 5) is 11.9. The van der Waals surface area contributed by atoms with E-state index in [2.05, 4.69) is 15.5 Å². The van der Waals surface area contributed by atoms with Crippen molar-refractivity contribution in [1.82, 2.24) is 15.5 Å². The zero-order valence-corrected chi connectivity index (χ0v) is 13.8. The largest absolute Gasteiger partial charge is 0.417 e. The van der Waals surface area contributed by atoms with Gasteiger partial charge in [-0.05, 0) is 32.8 Å². The van der Waals surface area contributed by atoms with Crippen LogP contribution in [-0.4, -0.2) is 35.4 Å². The highest BCUT2D eigenvalue weighted by atomic mass is 16.5. The van der Waals surface area contributed by atoms with Crippen LogP contribution in [0.3, 0.4) is 0 Å². The molecule has 1 N–H and O–H groups in total. The van der Waals surface area contributed by atoms with Crippen molar-refractivity contribution in [2.75, 3.05) is 13.2 Å². The highest BCUT2D eigenvalue weighted by Gasteiger charge is 2.14. The van der Waals surface area contributed by atoms with Crippen molar-refractivity contribution in [3.63, 3.8) is 0 Å². The number of hydrogen-bond acceptors (Lipinski definition) is 5. The lowest BCUT2D eigenvalue weighted by molar-refractivity contribution is 0.0752. The molecular formula is C17H23N3O3. The Morgan fingerprint density at radius 1 is 1.26 bits per heavy atom. The van der Waals surface area contributed by atoms with E-state index in [9.17, 15) is 4.79 Å². The minimum Gasteiger partial charge on any atom is -0.417 e. The van der Waals surface area contributed by atoms with Gasteiger partial charge >= 0.3 is 11.8 Å². The molecule has 0 radical (unpaired) electrons. The molecule has 0 bridgehead atoms. The highest BCUT2D eigenvalue weighted by molar-refractivity contribution is 5.89. The summed E-state index contributed by atoms with van der Waals surface area (Å²) in [6.07, 6.45) is 1.46. The van der Waals surface area contributed by atoms with Crippen LogP contribution >= 0.6 is 0 Å². The predicted molar refractivity (Wildman–Crippen MR) is 86.3 cm³/mol. The Kier molecular flexibility index (Phi) is 6.29. The predicted octanol–water partition coefficient (Wildman–Crippen LogP) is 2.51.